The summed E-state index contributed by atoms with van der Waals surface area (Å²) < 4.78 is 5.02. The molecule has 3 nitrogen and oxygen atoms in total. The van der Waals surface area contributed by atoms with Crippen LogP contribution in [0, 0.1) is 0 Å². The SMILES string of the molecule is Br.COc1ccc(NCCN)cc1Cl. The maximum Gasteiger partial charge on any atom is 0.137 e. The number of rotatable bonds is 4. The number of hydrogen-bond acceptors (Lipinski definition) is 3. The summed E-state index contributed by atoms with van der Waals surface area (Å²) in [7, 11) is 1.59. The lowest BCUT2D eigenvalue weighted by Crippen LogP contribution is -2.12. The van der Waals surface area contributed by atoms with Crippen molar-refractivity contribution in [2.75, 3.05) is 25.5 Å². The van der Waals surface area contributed by atoms with Crippen LogP contribution in [0.5, 0.6) is 5.75 Å². The van der Waals surface area contributed by atoms with Crippen LogP contribution in [-0.4, -0.2) is 20.2 Å². The van der Waals surface area contributed by atoms with Crippen molar-refractivity contribution < 1.29 is 4.74 Å². The molecule has 0 spiro atoms. The molecule has 3 N–H and O–H groups in total. The number of hydrogen-bond donors (Lipinski definition) is 2. The molecule has 0 aromatic heterocycles. The van der Waals surface area contributed by atoms with Gasteiger partial charge in [0.25, 0.3) is 0 Å². The molecule has 0 saturated carbocycles. The summed E-state index contributed by atoms with van der Waals surface area (Å²) in [5, 5.41) is 3.72. The predicted octanol–water partition coefficient (Wildman–Crippen LogP) is 2.30. The second kappa shape index (κ2) is 6.92. The zero-order valence-corrected chi connectivity index (χ0v) is 10.4. The van der Waals surface area contributed by atoms with E-state index in [1.165, 1.54) is 0 Å². The molecule has 1 aromatic carbocycles. The van der Waals surface area contributed by atoms with E-state index in [2.05, 4.69) is 5.32 Å². The molecule has 5 heteroatoms. The van der Waals surface area contributed by atoms with Crippen molar-refractivity contribution in [3.05, 3.63) is 23.2 Å². The quantitative estimate of drug-likeness (QED) is 0.890. The standard InChI is InChI=1S/C9H13ClN2O.BrH/c1-13-9-3-2-7(6-8(9)10)12-5-4-11;/h2-3,6,12H,4-5,11H2,1H3;1H. The highest BCUT2D eigenvalue weighted by Gasteiger charge is 2.00. The average Bonchev–Trinajstić information content (AvgIpc) is 2.15. The van der Waals surface area contributed by atoms with Crippen LogP contribution in [0.3, 0.4) is 0 Å². The minimum Gasteiger partial charge on any atom is -0.495 e. The first-order valence-electron chi connectivity index (χ1n) is 4.05. The maximum absolute atomic E-state index is 5.91. The third-order valence-electron chi connectivity index (χ3n) is 1.63. The third kappa shape index (κ3) is 3.74. The van der Waals surface area contributed by atoms with E-state index < -0.39 is 0 Å². The molecule has 0 unspecified atom stereocenters. The van der Waals surface area contributed by atoms with Crippen LogP contribution in [0.2, 0.25) is 5.02 Å². The molecule has 0 heterocycles. The molecule has 1 aromatic rings. The van der Waals surface area contributed by atoms with Crippen LogP contribution in [0.15, 0.2) is 18.2 Å². The smallest absolute Gasteiger partial charge is 0.137 e. The molecule has 80 valence electrons. The first-order chi connectivity index (χ1) is 6.27. The molecular weight excluding hydrogens is 267 g/mol. The average molecular weight is 282 g/mol. The summed E-state index contributed by atoms with van der Waals surface area (Å²) in [5.74, 6) is 0.681. The Balaban J connectivity index is 0.00000169. The van der Waals surface area contributed by atoms with Crippen molar-refractivity contribution in [1.82, 2.24) is 0 Å². The van der Waals surface area contributed by atoms with E-state index in [0.717, 1.165) is 12.2 Å². The lowest BCUT2D eigenvalue weighted by molar-refractivity contribution is 0.415. The molecule has 0 amide bonds. The molecule has 0 radical (unpaired) electrons. The van der Waals surface area contributed by atoms with Gasteiger partial charge in [0.05, 0.1) is 12.1 Å². The van der Waals surface area contributed by atoms with Gasteiger partial charge >= 0.3 is 0 Å². The van der Waals surface area contributed by atoms with Gasteiger partial charge < -0.3 is 15.8 Å². The zero-order chi connectivity index (χ0) is 9.68. The van der Waals surface area contributed by atoms with E-state index in [0.29, 0.717) is 17.3 Å². The molecule has 1 rings (SSSR count). The van der Waals surface area contributed by atoms with Gasteiger partial charge in [-0.1, -0.05) is 11.6 Å². The van der Waals surface area contributed by atoms with Gasteiger partial charge in [-0.15, -0.1) is 17.0 Å². The van der Waals surface area contributed by atoms with Crippen LogP contribution in [0.1, 0.15) is 0 Å². The van der Waals surface area contributed by atoms with E-state index in [4.69, 9.17) is 22.1 Å². The maximum atomic E-state index is 5.91. The molecule has 0 aliphatic heterocycles. The van der Waals surface area contributed by atoms with E-state index >= 15 is 0 Å². The van der Waals surface area contributed by atoms with Gasteiger partial charge in [-0.25, -0.2) is 0 Å². The Morgan fingerprint density at radius 3 is 2.71 bits per heavy atom. The molecule has 0 bridgehead atoms. The largest absolute Gasteiger partial charge is 0.495 e. The van der Waals surface area contributed by atoms with Crippen LogP contribution < -0.4 is 15.8 Å². The van der Waals surface area contributed by atoms with E-state index in [9.17, 15) is 0 Å². The Morgan fingerprint density at radius 1 is 1.50 bits per heavy atom. The summed E-state index contributed by atoms with van der Waals surface area (Å²) >= 11 is 5.91. The highest BCUT2D eigenvalue weighted by atomic mass is 79.9. The van der Waals surface area contributed by atoms with E-state index in [1.807, 2.05) is 18.2 Å². The Bertz CT molecular complexity index is 284. The van der Waals surface area contributed by atoms with E-state index in [1.54, 1.807) is 7.11 Å². The van der Waals surface area contributed by atoms with Crippen molar-refractivity contribution in [3.8, 4) is 5.75 Å². The van der Waals surface area contributed by atoms with Crippen LogP contribution in [0.4, 0.5) is 5.69 Å². The third-order valence-corrected chi connectivity index (χ3v) is 1.92. The van der Waals surface area contributed by atoms with Gasteiger partial charge in [-0.05, 0) is 18.2 Å². The number of nitrogens with one attached hydrogen (secondary N) is 1. The minimum atomic E-state index is 0. The first-order valence-corrected chi connectivity index (χ1v) is 4.43. The summed E-state index contributed by atoms with van der Waals surface area (Å²) in [4.78, 5) is 0. The lowest BCUT2D eigenvalue weighted by atomic mass is 10.3. The van der Waals surface area contributed by atoms with Gasteiger partial charge in [0.1, 0.15) is 5.75 Å². The topological polar surface area (TPSA) is 47.3 Å². The molecule has 0 atom stereocenters. The van der Waals surface area contributed by atoms with Gasteiger partial charge in [-0.2, -0.15) is 0 Å². The van der Waals surface area contributed by atoms with Crippen molar-refractivity contribution in [2.45, 2.75) is 0 Å². The summed E-state index contributed by atoms with van der Waals surface area (Å²) in [5.41, 5.74) is 6.31. The number of nitrogens with two attached hydrogens (primary N) is 1. The summed E-state index contributed by atoms with van der Waals surface area (Å²) in [6, 6.07) is 5.54. The van der Waals surface area contributed by atoms with E-state index in [-0.39, 0.29) is 17.0 Å². The van der Waals surface area contributed by atoms with Crippen LogP contribution in [0.25, 0.3) is 0 Å². The number of anilines is 1. The minimum absolute atomic E-state index is 0. The van der Waals surface area contributed by atoms with Crippen molar-refractivity contribution in [2.24, 2.45) is 5.73 Å². The molecule has 0 aliphatic rings. The molecule has 0 saturated heterocycles. The van der Waals surface area contributed by atoms with Crippen molar-refractivity contribution in [1.29, 1.82) is 0 Å². The molecule has 14 heavy (non-hydrogen) atoms. The second-order valence-corrected chi connectivity index (χ2v) is 2.97. The van der Waals surface area contributed by atoms with Crippen LogP contribution >= 0.6 is 28.6 Å². The fourth-order valence-electron chi connectivity index (χ4n) is 0.993. The van der Waals surface area contributed by atoms with Crippen LogP contribution in [-0.2, 0) is 0 Å². The summed E-state index contributed by atoms with van der Waals surface area (Å²) in [6.07, 6.45) is 0. The fraction of sp³-hybridized carbons (Fsp3) is 0.333. The van der Waals surface area contributed by atoms with Gasteiger partial charge in [0.15, 0.2) is 0 Å². The number of benzene rings is 1. The number of ether oxygens (including phenoxy) is 1. The Morgan fingerprint density at radius 2 is 2.21 bits per heavy atom. The Kier molecular flexibility index (Phi) is 6.70. The van der Waals surface area contributed by atoms with Crippen molar-refractivity contribution in [3.63, 3.8) is 0 Å². The second-order valence-electron chi connectivity index (χ2n) is 2.56. The summed E-state index contributed by atoms with van der Waals surface area (Å²) in [6.45, 7) is 1.34. The lowest BCUT2D eigenvalue weighted by Gasteiger charge is -2.07. The highest BCUT2D eigenvalue weighted by Crippen LogP contribution is 2.26. The zero-order valence-electron chi connectivity index (χ0n) is 7.92. The highest BCUT2D eigenvalue weighted by molar-refractivity contribution is 8.93. The normalized spacial score (nSPS) is 9.07. The van der Waals surface area contributed by atoms with Gasteiger partial charge in [-0.3, -0.25) is 0 Å². The monoisotopic (exact) mass is 280 g/mol. The molecule has 0 fully saturated rings. The molecular formula is C9H14BrClN2O. The number of halogens is 2. The first kappa shape index (κ1) is 13.5. The predicted molar refractivity (Wildman–Crippen MR) is 65.9 cm³/mol. The Labute approximate surface area is 99.3 Å². The Hall–Kier alpha value is -0.450. The van der Waals surface area contributed by atoms with Gasteiger partial charge in [0, 0.05) is 18.8 Å². The fourth-order valence-corrected chi connectivity index (χ4v) is 1.25. The van der Waals surface area contributed by atoms with Gasteiger partial charge in [0.2, 0.25) is 0 Å². The molecule has 0 aliphatic carbocycles. The number of methoxy groups -OCH3 is 1. The van der Waals surface area contributed by atoms with Crippen molar-refractivity contribution >= 4 is 34.3 Å².